The van der Waals surface area contributed by atoms with E-state index in [9.17, 15) is 32.3 Å². The van der Waals surface area contributed by atoms with Crippen molar-refractivity contribution in [3.63, 3.8) is 0 Å². The van der Waals surface area contributed by atoms with Crippen molar-refractivity contribution >= 4 is 35.0 Å². The van der Waals surface area contributed by atoms with E-state index in [1.807, 2.05) is 0 Å². The van der Waals surface area contributed by atoms with E-state index in [4.69, 9.17) is 11.5 Å². The number of carbonyl (C=O) groups excluding carboxylic acids is 3. The summed E-state index contributed by atoms with van der Waals surface area (Å²) in [4.78, 5) is 53.7. The number of amides is 1. The van der Waals surface area contributed by atoms with Gasteiger partial charge >= 0.3 is 18.1 Å². The van der Waals surface area contributed by atoms with Gasteiger partial charge in [0.15, 0.2) is 5.96 Å². The first-order valence-electron chi connectivity index (χ1n) is 13.1. The number of hydrogen-bond donors (Lipinski definition) is 4. The van der Waals surface area contributed by atoms with Crippen molar-refractivity contribution in [2.24, 2.45) is 16.5 Å². The minimum Gasteiger partial charge on any atom is -0.386 e. The molecular weight excluding hydrogens is 557 g/mol. The Balaban J connectivity index is 1.47. The first kappa shape index (κ1) is 30.1. The number of hydrogen-bond acceptors (Lipinski definition) is 7. The molecule has 1 saturated carbocycles. The molecule has 2 heterocycles. The SMILES string of the molecule is NC(N)=NC1CCC(Nc2ccn3c(=O)c(C(=O)NC(CC(=O)OC(=O)C(F)(F)F)c4ccccc4)ccc3c2)CC1. The summed E-state index contributed by atoms with van der Waals surface area (Å²) in [6, 6.07) is 13.4. The number of rotatable bonds is 8. The Hall–Kier alpha value is -4.88. The largest absolute Gasteiger partial charge is 0.491 e. The molecule has 1 unspecified atom stereocenters. The van der Waals surface area contributed by atoms with Gasteiger partial charge in [0, 0.05) is 17.9 Å². The maximum absolute atomic E-state index is 13.2. The second kappa shape index (κ2) is 12.7. The number of ether oxygens (including phenoxy) is 1. The van der Waals surface area contributed by atoms with Crippen molar-refractivity contribution in [3.05, 3.63) is 82.3 Å². The van der Waals surface area contributed by atoms with Gasteiger partial charge in [0.05, 0.1) is 24.0 Å². The van der Waals surface area contributed by atoms with E-state index in [-0.39, 0.29) is 23.6 Å². The summed E-state index contributed by atoms with van der Waals surface area (Å²) in [7, 11) is 0. The number of carbonyl (C=O) groups is 3. The summed E-state index contributed by atoms with van der Waals surface area (Å²) >= 11 is 0. The zero-order chi connectivity index (χ0) is 30.4. The van der Waals surface area contributed by atoms with E-state index in [0.29, 0.717) is 11.1 Å². The second-order valence-electron chi connectivity index (χ2n) is 9.87. The predicted molar refractivity (Wildman–Crippen MR) is 148 cm³/mol. The Morgan fingerprint density at radius 3 is 2.36 bits per heavy atom. The fraction of sp³-hybridized carbons (Fsp3) is 0.321. The van der Waals surface area contributed by atoms with Gasteiger partial charge in [0.25, 0.3) is 11.5 Å². The highest BCUT2D eigenvalue weighted by atomic mass is 19.4. The Bertz CT molecular complexity index is 1550. The maximum atomic E-state index is 13.2. The zero-order valence-electron chi connectivity index (χ0n) is 22.3. The van der Waals surface area contributed by atoms with E-state index in [0.717, 1.165) is 31.4 Å². The molecule has 42 heavy (non-hydrogen) atoms. The third kappa shape index (κ3) is 7.65. The van der Waals surface area contributed by atoms with Crippen LogP contribution in [-0.4, -0.2) is 46.5 Å². The number of esters is 2. The molecule has 0 bridgehead atoms. The summed E-state index contributed by atoms with van der Waals surface area (Å²) in [5, 5.41) is 5.94. The molecule has 0 saturated heterocycles. The van der Waals surface area contributed by atoms with Crippen LogP contribution < -0.4 is 27.7 Å². The fourth-order valence-electron chi connectivity index (χ4n) is 4.80. The van der Waals surface area contributed by atoms with Crippen LogP contribution in [0, 0.1) is 0 Å². The predicted octanol–water partition coefficient (Wildman–Crippen LogP) is 2.79. The lowest BCUT2D eigenvalue weighted by atomic mass is 9.91. The van der Waals surface area contributed by atoms with Crippen LogP contribution in [0.2, 0.25) is 0 Å². The second-order valence-corrected chi connectivity index (χ2v) is 9.87. The highest BCUT2D eigenvalue weighted by molar-refractivity contribution is 5.95. The number of aromatic nitrogens is 1. The highest BCUT2D eigenvalue weighted by Crippen LogP contribution is 2.25. The number of alkyl halides is 3. The van der Waals surface area contributed by atoms with Gasteiger partial charge in [-0.15, -0.1) is 0 Å². The van der Waals surface area contributed by atoms with Gasteiger partial charge in [-0.25, -0.2) is 4.79 Å². The molecule has 14 heteroatoms. The van der Waals surface area contributed by atoms with Gasteiger partial charge < -0.3 is 26.8 Å². The number of pyridine rings is 2. The smallest absolute Gasteiger partial charge is 0.386 e. The Kier molecular flexibility index (Phi) is 9.13. The van der Waals surface area contributed by atoms with Crippen molar-refractivity contribution in [3.8, 4) is 0 Å². The minimum absolute atomic E-state index is 0.0787. The molecule has 0 radical (unpaired) electrons. The van der Waals surface area contributed by atoms with Crippen molar-refractivity contribution in [1.82, 2.24) is 9.72 Å². The lowest BCUT2D eigenvalue weighted by Gasteiger charge is -2.28. The Morgan fingerprint density at radius 2 is 1.71 bits per heavy atom. The van der Waals surface area contributed by atoms with E-state index in [1.54, 1.807) is 36.4 Å². The minimum atomic E-state index is -5.36. The van der Waals surface area contributed by atoms with Crippen LogP contribution in [0.4, 0.5) is 18.9 Å². The third-order valence-corrected chi connectivity index (χ3v) is 6.81. The zero-order valence-corrected chi connectivity index (χ0v) is 22.3. The average Bonchev–Trinajstić information content (AvgIpc) is 2.93. The van der Waals surface area contributed by atoms with Gasteiger partial charge in [-0.1, -0.05) is 30.3 Å². The molecule has 4 rings (SSSR count). The molecule has 6 N–H and O–H groups in total. The normalized spacial score (nSPS) is 17.6. The van der Waals surface area contributed by atoms with Crippen LogP contribution in [0.25, 0.3) is 5.52 Å². The third-order valence-electron chi connectivity index (χ3n) is 6.81. The fourth-order valence-corrected chi connectivity index (χ4v) is 4.80. The Labute approximate surface area is 237 Å². The molecule has 1 aromatic carbocycles. The van der Waals surface area contributed by atoms with E-state index in [2.05, 4.69) is 20.4 Å². The summed E-state index contributed by atoms with van der Waals surface area (Å²) in [6.07, 6.45) is -1.22. The van der Waals surface area contributed by atoms with Crippen LogP contribution in [0.5, 0.6) is 0 Å². The molecule has 3 aromatic rings. The molecule has 0 aliphatic heterocycles. The standard InChI is InChI=1S/C28H29F3N6O5/c29-28(30,31)26(41)42-23(38)15-22(16-4-2-1-3-5-16)36-24(39)21-11-10-20-14-19(12-13-37(20)25(21)40)34-17-6-8-18(9-7-17)35-27(32)33/h1-5,10-14,17-18,22,34H,6-9,15H2,(H,36,39)(H4,32,33,35). The molecular formula is C28H29F3N6O5. The van der Waals surface area contributed by atoms with Crippen LogP contribution >= 0.6 is 0 Å². The summed E-state index contributed by atoms with van der Waals surface area (Å²) in [5.41, 5.74) is 11.7. The summed E-state index contributed by atoms with van der Waals surface area (Å²) < 4.78 is 42.7. The molecule has 1 atom stereocenters. The first-order valence-corrected chi connectivity index (χ1v) is 13.1. The molecule has 222 valence electrons. The molecule has 11 nitrogen and oxygen atoms in total. The van der Waals surface area contributed by atoms with Crippen molar-refractivity contribution < 1.29 is 32.3 Å². The van der Waals surface area contributed by atoms with Gasteiger partial charge in [-0.3, -0.25) is 23.8 Å². The number of guanidine groups is 1. The number of nitrogens with zero attached hydrogens (tertiary/aromatic N) is 2. The van der Waals surface area contributed by atoms with E-state index < -0.39 is 42.0 Å². The summed E-state index contributed by atoms with van der Waals surface area (Å²) in [5.74, 6) is -4.94. The topological polar surface area (TPSA) is 170 Å². The number of benzene rings is 1. The highest BCUT2D eigenvalue weighted by Gasteiger charge is 2.42. The number of anilines is 1. The quantitative estimate of drug-likeness (QED) is 0.135. The van der Waals surface area contributed by atoms with Crippen LogP contribution in [0.3, 0.4) is 0 Å². The van der Waals surface area contributed by atoms with Gasteiger partial charge in [0.1, 0.15) is 5.56 Å². The maximum Gasteiger partial charge on any atom is 0.491 e. The summed E-state index contributed by atoms with van der Waals surface area (Å²) in [6.45, 7) is 0. The number of halogens is 3. The number of fused-ring (bicyclic) bond motifs is 1. The lowest BCUT2D eigenvalue weighted by Crippen LogP contribution is -2.36. The van der Waals surface area contributed by atoms with Gasteiger partial charge in [0.2, 0.25) is 0 Å². The van der Waals surface area contributed by atoms with Crippen molar-refractivity contribution in [2.75, 3.05) is 5.32 Å². The number of nitrogens with two attached hydrogens (primary N) is 2. The molecule has 0 spiro atoms. The molecule has 2 aromatic heterocycles. The number of nitrogens with one attached hydrogen (secondary N) is 2. The van der Waals surface area contributed by atoms with Crippen LogP contribution in [0.1, 0.15) is 54.1 Å². The van der Waals surface area contributed by atoms with Gasteiger partial charge in [-0.05, 0) is 55.5 Å². The lowest BCUT2D eigenvalue weighted by molar-refractivity contribution is -0.202. The van der Waals surface area contributed by atoms with Crippen LogP contribution in [0.15, 0.2) is 70.6 Å². The Morgan fingerprint density at radius 1 is 1.02 bits per heavy atom. The van der Waals surface area contributed by atoms with Crippen molar-refractivity contribution in [2.45, 2.75) is 56.4 Å². The van der Waals surface area contributed by atoms with E-state index in [1.165, 1.54) is 28.8 Å². The van der Waals surface area contributed by atoms with E-state index >= 15 is 0 Å². The average molecular weight is 587 g/mol. The number of aliphatic imine (C=N–C) groups is 1. The molecule has 1 aliphatic rings. The first-order chi connectivity index (χ1) is 19.9. The molecule has 1 aliphatic carbocycles. The monoisotopic (exact) mass is 586 g/mol. The van der Waals surface area contributed by atoms with Crippen molar-refractivity contribution in [1.29, 1.82) is 0 Å². The molecule has 1 fully saturated rings. The van der Waals surface area contributed by atoms with Crippen LogP contribution in [-0.2, 0) is 14.3 Å². The van der Waals surface area contributed by atoms with Gasteiger partial charge in [-0.2, -0.15) is 13.2 Å². The molecule has 1 amide bonds.